The molecular formula is C12H16Cl2O2S. The van der Waals surface area contributed by atoms with E-state index in [9.17, 15) is 0 Å². The van der Waals surface area contributed by atoms with E-state index in [2.05, 4.69) is 0 Å². The van der Waals surface area contributed by atoms with E-state index in [1.54, 1.807) is 11.8 Å². The Morgan fingerprint density at radius 1 is 1.29 bits per heavy atom. The molecule has 1 atom stereocenters. The van der Waals surface area contributed by atoms with Crippen LogP contribution in [0.1, 0.15) is 6.42 Å². The molecule has 0 saturated carbocycles. The summed E-state index contributed by atoms with van der Waals surface area (Å²) in [7, 11) is 0. The molecule has 0 aliphatic heterocycles. The van der Waals surface area contributed by atoms with Gasteiger partial charge in [-0.05, 0) is 30.7 Å². The van der Waals surface area contributed by atoms with E-state index in [1.165, 1.54) is 4.90 Å². The van der Waals surface area contributed by atoms with Crippen LogP contribution in [0.25, 0.3) is 0 Å². The summed E-state index contributed by atoms with van der Waals surface area (Å²) in [6, 6.07) is 7.78. The summed E-state index contributed by atoms with van der Waals surface area (Å²) < 4.78 is 5.27. The van der Waals surface area contributed by atoms with Crippen LogP contribution in [0.3, 0.4) is 0 Å². The highest BCUT2D eigenvalue weighted by molar-refractivity contribution is 7.99. The van der Waals surface area contributed by atoms with Gasteiger partial charge < -0.3 is 9.84 Å². The van der Waals surface area contributed by atoms with Crippen LogP contribution >= 0.6 is 35.0 Å². The van der Waals surface area contributed by atoms with Gasteiger partial charge in [-0.2, -0.15) is 0 Å². The molecule has 0 amide bonds. The number of rotatable bonds is 8. The highest BCUT2D eigenvalue weighted by atomic mass is 35.5. The number of thioether (sulfide) groups is 1. The first-order valence-electron chi connectivity index (χ1n) is 5.42. The van der Waals surface area contributed by atoms with Gasteiger partial charge >= 0.3 is 0 Å². The molecular weight excluding hydrogens is 279 g/mol. The third kappa shape index (κ3) is 7.17. The summed E-state index contributed by atoms with van der Waals surface area (Å²) >= 11 is 13.0. The molecule has 0 aliphatic carbocycles. The van der Waals surface area contributed by atoms with Gasteiger partial charge in [0.1, 0.15) is 0 Å². The van der Waals surface area contributed by atoms with Crippen LogP contribution in [0.4, 0.5) is 0 Å². The smallest absolute Gasteiger partial charge is 0.0908 e. The minimum Gasteiger partial charge on any atom is -0.389 e. The monoisotopic (exact) mass is 294 g/mol. The number of aliphatic hydroxyl groups is 1. The molecule has 0 heterocycles. The summed E-state index contributed by atoms with van der Waals surface area (Å²) in [6.45, 7) is 0.962. The molecule has 0 aromatic heterocycles. The summed E-state index contributed by atoms with van der Waals surface area (Å²) in [5.74, 6) is 1.21. The summed E-state index contributed by atoms with van der Waals surface area (Å²) in [6.07, 6.45) is 0.392. The molecule has 17 heavy (non-hydrogen) atoms. The van der Waals surface area contributed by atoms with Crippen molar-refractivity contribution >= 4 is 35.0 Å². The molecule has 5 heteroatoms. The van der Waals surface area contributed by atoms with Crippen molar-refractivity contribution < 1.29 is 9.84 Å². The van der Waals surface area contributed by atoms with E-state index < -0.39 is 6.10 Å². The Morgan fingerprint density at radius 2 is 2.00 bits per heavy atom. The fourth-order valence-corrected chi connectivity index (χ4v) is 2.19. The topological polar surface area (TPSA) is 29.5 Å². The fourth-order valence-electron chi connectivity index (χ4n) is 1.15. The number of hydrogen-bond donors (Lipinski definition) is 1. The first-order chi connectivity index (χ1) is 8.22. The Hall–Kier alpha value is 0.0700. The van der Waals surface area contributed by atoms with Gasteiger partial charge in [0, 0.05) is 22.3 Å². The van der Waals surface area contributed by atoms with E-state index in [-0.39, 0.29) is 5.88 Å². The number of alkyl halides is 1. The maximum atomic E-state index is 9.14. The van der Waals surface area contributed by atoms with Crippen LogP contribution in [0, 0.1) is 0 Å². The van der Waals surface area contributed by atoms with Gasteiger partial charge in [0.05, 0.1) is 18.6 Å². The molecule has 0 bridgehead atoms. The van der Waals surface area contributed by atoms with E-state index in [0.717, 1.165) is 17.2 Å². The molecule has 1 unspecified atom stereocenters. The van der Waals surface area contributed by atoms with Crippen LogP contribution in [0.2, 0.25) is 5.02 Å². The molecule has 0 radical (unpaired) electrons. The van der Waals surface area contributed by atoms with Crippen LogP contribution in [0.15, 0.2) is 29.2 Å². The Balaban J connectivity index is 2.02. The van der Waals surface area contributed by atoms with E-state index in [4.69, 9.17) is 33.0 Å². The van der Waals surface area contributed by atoms with Gasteiger partial charge in [0.15, 0.2) is 0 Å². The lowest BCUT2D eigenvalue weighted by Crippen LogP contribution is -2.17. The Bertz CT molecular complexity index is 306. The Kier molecular flexibility index (Phi) is 8.06. The third-order valence-electron chi connectivity index (χ3n) is 2.00. The first-order valence-corrected chi connectivity index (χ1v) is 7.32. The minimum absolute atomic E-state index is 0.222. The van der Waals surface area contributed by atoms with Crippen molar-refractivity contribution in [2.24, 2.45) is 0 Å². The van der Waals surface area contributed by atoms with Crippen LogP contribution in [0.5, 0.6) is 0 Å². The maximum absolute atomic E-state index is 9.14. The molecule has 1 N–H and O–H groups in total. The van der Waals surface area contributed by atoms with Gasteiger partial charge in [0.2, 0.25) is 0 Å². The SMILES string of the molecule is OC(CCl)COCCCSc1ccc(Cl)cc1. The Morgan fingerprint density at radius 3 is 2.65 bits per heavy atom. The molecule has 0 spiro atoms. The van der Waals surface area contributed by atoms with Gasteiger partial charge in [0.25, 0.3) is 0 Å². The second-order valence-corrected chi connectivity index (χ2v) is 5.45. The molecule has 1 aromatic carbocycles. The van der Waals surface area contributed by atoms with Gasteiger partial charge in [-0.1, -0.05) is 11.6 Å². The van der Waals surface area contributed by atoms with Gasteiger partial charge in [-0.3, -0.25) is 0 Å². The van der Waals surface area contributed by atoms with Gasteiger partial charge in [-0.25, -0.2) is 0 Å². The number of benzene rings is 1. The number of hydrogen-bond acceptors (Lipinski definition) is 3. The lowest BCUT2D eigenvalue weighted by Gasteiger charge is -2.07. The predicted octanol–water partition coefficient (Wildman–Crippen LogP) is 3.44. The van der Waals surface area contributed by atoms with Crippen molar-refractivity contribution in [3.63, 3.8) is 0 Å². The zero-order valence-corrected chi connectivity index (χ0v) is 11.8. The highest BCUT2D eigenvalue weighted by Crippen LogP contribution is 2.20. The van der Waals surface area contributed by atoms with Gasteiger partial charge in [-0.15, -0.1) is 23.4 Å². The number of ether oxygens (including phenoxy) is 1. The zero-order chi connectivity index (χ0) is 12.5. The molecule has 0 saturated heterocycles. The van der Waals surface area contributed by atoms with Crippen molar-refractivity contribution in [1.29, 1.82) is 0 Å². The fraction of sp³-hybridized carbons (Fsp3) is 0.500. The minimum atomic E-state index is -0.555. The van der Waals surface area contributed by atoms with Crippen molar-refractivity contribution in [2.45, 2.75) is 17.4 Å². The number of halogens is 2. The average Bonchev–Trinajstić information content (AvgIpc) is 2.35. The van der Waals surface area contributed by atoms with Crippen molar-refractivity contribution in [3.05, 3.63) is 29.3 Å². The predicted molar refractivity (Wildman–Crippen MR) is 74.3 cm³/mol. The molecule has 0 fully saturated rings. The molecule has 1 aromatic rings. The summed E-state index contributed by atoms with van der Waals surface area (Å²) in [5.41, 5.74) is 0. The normalized spacial score (nSPS) is 12.6. The largest absolute Gasteiger partial charge is 0.389 e. The third-order valence-corrected chi connectivity index (χ3v) is 3.71. The summed E-state index contributed by atoms with van der Waals surface area (Å²) in [5, 5.41) is 9.90. The van der Waals surface area contributed by atoms with Crippen LogP contribution in [-0.2, 0) is 4.74 Å². The van der Waals surface area contributed by atoms with E-state index in [1.807, 2.05) is 24.3 Å². The molecule has 96 valence electrons. The highest BCUT2D eigenvalue weighted by Gasteiger charge is 2.01. The average molecular weight is 295 g/mol. The standard InChI is InChI=1S/C12H16Cl2O2S/c13-8-11(15)9-16-6-1-7-17-12-4-2-10(14)3-5-12/h2-5,11,15H,1,6-9H2. The zero-order valence-electron chi connectivity index (χ0n) is 9.44. The van der Waals surface area contributed by atoms with Crippen molar-refractivity contribution in [1.82, 2.24) is 0 Å². The van der Waals surface area contributed by atoms with Crippen molar-refractivity contribution in [3.8, 4) is 0 Å². The van der Waals surface area contributed by atoms with Crippen LogP contribution < -0.4 is 0 Å². The molecule has 1 rings (SSSR count). The molecule has 2 nitrogen and oxygen atoms in total. The molecule has 0 aliphatic rings. The van der Waals surface area contributed by atoms with Crippen molar-refractivity contribution in [2.75, 3.05) is 24.8 Å². The van der Waals surface area contributed by atoms with Crippen LogP contribution in [-0.4, -0.2) is 36.1 Å². The first kappa shape index (κ1) is 15.1. The quantitative estimate of drug-likeness (QED) is 0.452. The lowest BCUT2D eigenvalue weighted by molar-refractivity contribution is 0.0486. The number of aliphatic hydroxyl groups excluding tert-OH is 1. The Labute approximate surface area is 116 Å². The van der Waals surface area contributed by atoms with E-state index in [0.29, 0.717) is 13.2 Å². The second kappa shape index (κ2) is 9.06. The summed E-state index contributed by atoms with van der Waals surface area (Å²) in [4.78, 5) is 1.20. The van der Waals surface area contributed by atoms with E-state index >= 15 is 0 Å². The maximum Gasteiger partial charge on any atom is 0.0908 e. The lowest BCUT2D eigenvalue weighted by atomic mass is 10.4. The second-order valence-electron chi connectivity index (χ2n) is 3.54.